The summed E-state index contributed by atoms with van der Waals surface area (Å²) in [6, 6.07) is 1.77. The minimum absolute atomic E-state index is 0.0410. The molecule has 1 atom stereocenters. The molecule has 0 radical (unpaired) electrons. The minimum Gasteiger partial charge on any atom is -0.309 e. The summed E-state index contributed by atoms with van der Waals surface area (Å²) in [5.74, 6) is 0. The predicted octanol–water partition coefficient (Wildman–Crippen LogP) is 2.91. The number of aromatic nitrogens is 1. The quantitative estimate of drug-likeness (QED) is 0.646. The first kappa shape index (κ1) is 12.0. The van der Waals surface area contributed by atoms with E-state index in [1.165, 1.54) is 0 Å². The highest BCUT2D eigenvalue weighted by atomic mass is 19.1. The average Bonchev–Trinajstić information content (AvgIpc) is 2.61. The Morgan fingerprint density at radius 1 is 1.33 bits per heavy atom. The standard InChI is InChI=1S/C10H12FNO.C2H6/c1-6-5-7(2)10(13)12-4-3-8(11)9(6)12;1-2/h5,8H,3-4H2,1-2H3;1-2H3. The Bertz CT molecular complexity index is 409. The van der Waals surface area contributed by atoms with Crippen LogP contribution >= 0.6 is 0 Å². The van der Waals surface area contributed by atoms with Gasteiger partial charge >= 0.3 is 0 Å². The lowest BCUT2D eigenvalue weighted by Crippen LogP contribution is -2.22. The number of alkyl halides is 1. The number of pyridine rings is 1. The van der Waals surface area contributed by atoms with E-state index in [0.717, 1.165) is 5.56 Å². The minimum atomic E-state index is -0.951. The van der Waals surface area contributed by atoms with Crippen LogP contribution < -0.4 is 5.56 Å². The molecule has 1 aromatic rings. The Morgan fingerprint density at radius 3 is 2.53 bits per heavy atom. The fraction of sp³-hybridized carbons (Fsp3) is 0.583. The molecule has 1 unspecified atom stereocenters. The molecule has 1 aliphatic heterocycles. The molecule has 1 aliphatic rings. The van der Waals surface area contributed by atoms with Crippen LogP contribution in [0.4, 0.5) is 4.39 Å². The van der Waals surface area contributed by atoms with E-state index in [1.807, 2.05) is 20.8 Å². The van der Waals surface area contributed by atoms with Crippen LogP contribution in [-0.4, -0.2) is 4.57 Å². The molecule has 15 heavy (non-hydrogen) atoms. The molecule has 0 N–H and O–H groups in total. The van der Waals surface area contributed by atoms with Crippen LogP contribution in [0.2, 0.25) is 0 Å². The van der Waals surface area contributed by atoms with E-state index >= 15 is 0 Å². The lowest BCUT2D eigenvalue weighted by Gasteiger charge is -2.08. The van der Waals surface area contributed by atoms with Crippen LogP contribution in [0.15, 0.2) is 10.9 Å². The Balaban J connectivity index is 0.000000531. The third-order valence-electron chi connectivity index (χ3n) is 2.61. The highest BCUT2D eigenvalue weighted by Crippen LogP contribution is 2.29. The van der Waals surface area contributed by atoms with Gasteiger partial charge in [0.1, 0.15) is 6.17 Å². The van der Waals surface area contributed by atoms with Gasteiger partial charge in [-0.2, -0.15) is 0 Å². The molecule has 1 aromatic heterocycles. The van der Waals surface area contributed by atoms with E-state index in [4.69, 9.17) is 0 Å². The Kier molecular flexibility index (Phi) is 3.66. The summed E-state index contributed by atoms with van der Waals surface area (Å²) >= 11 is 0. The second kappa shape index (κ2) is 4.60. The number of hydrogen-bond donors (Lipinski definition) is 0. The van der Waals surface area contributed by atoms with E-state index in [-0.39, 0.29) is 5.56 Å². The molecular weight excluding hydrogens is 193 g/mol. The average molecular weight is 211 g/mol. The zero-order valence-electron chi connectivity index (χ0n) is 9.80. The highest BCUT2D eigenvalue weighted by molar-refractivity contribution is 5.28. The van der Waals surface area contributed by atoms with Crippen molar-refractivity contribution < 1.29 is 4.39 Å². The maximum atomic E-state index is 13.3. The predicted molar refractivity (Wildman–Crippen MR) is 60.0 cm³/mol. The first-order chi connectivity index (χ1) is 7.11. The van der Waals surface area contributed by atoms with Crippen molar-refractivity contribution in [3.05, 3.63) is 33.2 Å². The van der Waals surface area contributed by atoms with Gasteiger partial charge in [0.2, 0.25) is 0 Å². The number of aryl methyl sites for hydroxylation is 2. The van der Waals surface area contributed by atoms with Gasteiger partial charge in [-0.1, -0.05) is 13.8 Å². The van der Waals surface area contributed by atoms with Gasteiger partial charge in [-0.15, -0.1) is 0 Å². The molecule has 2 rings (SSSR count). The topological polar surface area (TPSA) is 22.0 Å². The van der Waals surface area contributed by atoms with Crippen LogP contribution in [0.1, 0.15) is 43.3 Å². The van der Waals surface area contributed by atoms with Crippen molar-refractivity contribution in [1.29, 1.82) is 0 Å². The first-order valence-electron chi connectivity index (χ1n) is 5.46. The largest absolute Gasteiger partial charge is 0.309 e. The van der Waals surface area contributed by atoms with Gasteiger partial charge in [0.15, 0.2) is 0 Å². The zero-order valence-corrected chi connectivity index (χ0v) is 9.80. The Labute approximate surface area is 89.7 Å². The Hall–Kier alpha value is -1.12. The van der Waals surface area contributed by atoms with E-state index in [0.29, 0.717) is 24.2 Å². The molecule has 0 fully saturated rings. The number of hydrogen-bond acceptors (Lipinski definition) is 1. The van der Waals surface area contributed by atoms with E-state index in [2.05, 4.69) is 0 Å². The van der Waals surface area contributed by atoms with Gasteiger partial charge in [0, 0.05) is 18.5 Å². The number of nitrogens with zero attached hydrogens (tertiary/aromatic N) is 1. The summed E-state index contributed by atoms with van der Waals surface area (Å²) in [7, 11) is 0. The third kappa shape index (κ3) is 1.96. The van der Waals surface area contributed by atoms with Gasteiger partial charge in [-0.05, 0) is 25.5 Å². The van der Waals surface area contributed by atoms with Gasteiger partial charge in [-0.3, -0.25) is 4.79 Å². The normalized spacial score (nSPS) is 18.1. The number of halogens is 1. The first-order valence-corrected chi connectivity index (χ1v) is 5.46. The van der Waals surface area contributed by atoms with E-state index < -0.39 is 6.17 Å². The fourth-order valence-electron chi connectivity index (χ4n) is 2.01. The molecule has 0 spiro atoms. The third-order valence-corrected chi connectivity index (χ3v) is 2.61. The lowest BCUT2D eigenvalue weighted by atomic mass is 10.1. The number of fused-ring (bicyclic) bond motifs is 1. The van der Waals surface area contributed by atoms with E-state index in [1.54, 1.807) is 17.6 Å². The molecule has 2 nitrogen and oxygen atoms in total. The second-order valence-corrected chi connectivity index (χ2v) is 3.61. The highest BCUT2D eigenvalue weighted by Gasteiger charge is 2.25. The van der Waals surface area contributed by atoms with Crippen molar-refractivity contribution in [2.24, 2.45) is 0 Å². The summed E-state index contributed by atoms with van der Waals surface area (Å²) in [5.41, 5.74) is 2.13. The lowest BCUT2D eigenvalue weighted by molar-refractivity contribution is 0.342. The molecule has 2 heterocycles. The van der Waals surface area contributed by atoms with Gasteiger partial charge in [-0.25, -0.2) is 4.39 Å². The SMILES string of the molecule is CC.Cc1cc(C)c(=O)n2c1C(F)CC2. The molecule has 0 aliphatic carbocycles. The van der Waals surface area contributed by atoms with Crippen molar-refractivity contribution in [1.82, 2.24) is 4.57 Å². The van der Waals surface area contributed by atoms with Crippen LogP contribution in [0.25, 0.3) is 0 Å². The maximum Gasteiger partial charge on any atom is 0.253 e. The molecule has 0 saturated carbocycles. The second-order valence-electron chi connectivity index (χ2n) is 3.61. The van der Waals surface area contributed by atoms with Crippen LogP contribution in [-0.2, 0) is 6.54 Å². The summed E-state index contributed by atoms with van der Waals surface area (Å²) in [6.45, 7) is 8.15. The molecule has 3 heteroatoms. The smallest absolute Gasteiger partial charge is 0.253 e. The van der Waals surface area contributed by atoms with Crippen molar-refractivity contribution in [2.45, 2.75) is 46.8 Å². The van der Waals surface area contributed by atoms with Crippen LogP contribution in [0, 0.1) is 13.8 Å². The van der Waals surface area contributed by atoms with Gasteiger partial charge < -0.3 is 4.57 Å². The molecule has 0 amide bonds. The van der Waals surface area contributed by atoms with Gasteiger partial charge in [0.25, 0.3) is 5.56 Å². The van der Waals surface area contributed by atoms with Gasteiger partial charge in [0.05, 0.1) is 5.69 Å². The van der Waals surface area contributed by atoms with Crippen LogP contribution in [0.5, 0.6) is 0 Å². The molecular formula is C12H18FNO. The monoisotopic (exact) mass is 211 g/mol. The van der Waals surface area contributed by atoms with E-state index in [9.17, 15) is 9.18 Å². The van der Waals surface area contributed by atoms with Crippen molar-refractivity contribution in [3.8, 4) is 0 Å². The fourth-order valence-corrected chi connectivity index (χ4v) is 2.01. The zero-order chi connectivity index (χ0) is 11.6. The summed E-state index contributed by atoms with van der Waals surface area (Å²) in [6.07, 6.45) is -0.507. The van der Waals surface area contributed by atoms with Crippen molar-refractivity contribution in [3.63, 3.8) is 0 Å². The van der Waals surface area contributed by atoms with Crippen molar-refractivity contribution in [2.75, 3.05) is 0 Å². The summed E-state index contributed by atoms with van der Waals surface area (Å²) in [4.78, 5) is 11.6. The van der Waals surface area contributed by atoms with Crippen molar-refractivity contribution >= 4 is 0 Å². The molecule has 0 bridgehead atoms. The maximum absolute atomic E-state index is 13.3. The molecule has 84 valence electrons. The summed E-state index contributed by atoms with van der Waals surface area (Å²) in [5, 5.41) is 0. The molecule has 0 saturated heterocycles. The van der Waals surface area contributed by atoms with Crippen LogP contribution in [0.3, 0.4) is 0 Å². The number of rotatable bonds is 0. The summed E-state index contributed by atoms with van der Waals surface area (Å²) < 4.78 is 14.9. The molecule has 0 aromatic carbocycles. The Morgan fingerprint density at radius 2 is 1.93 bits per heavy atom.